The molecule has 1 aliphatic rings. The fraction of sp³-hybridized carbons (Fsp3) is 0.875. The zero-order valence-corrected chi connectivity index (χ0v) is 7.22. The van der Waals surface area contributed by atoms with E-state index in [0.29, 0.717) is 0 Å². The molecule has 1 heterocycles. The first-order valence-corrected chi connectivity index (χ1v) is 3.88. The summed E-state index contributed by atoms with van der Waals surface area (Å²) in [6.07, 6.45) is 0.0640. The fourth-order valence-electron chi connectivity index (χ4n) is 1.26. The minimum Gasteiger partial charge on any atom is -0.381 e. The van der Waals surface area contributed by atoms with Crippen LogP contribution in [0.4, 0.5) is 0 Å². The van der Waals surface area contributed by atoms with Crippen LogP contribution < -0.4 is 5.32 Å². The third-order valence-corrected chi connectivity index (χ3v) is 1.81. The number of aliphatic hydroxyl groups is 1. The molecule has 3 nitrogen and oxygen atoms in total. The number of rotatable bonds is 1. The van der Waals surface area contributed by atoms with Crippen molar-refractivity contribution < 1.29 is 9.90 Å². The van der Waals surface area contributed by atoms with Gasteiger partial charge in [0.05, 0.1) is 6.04 Å². The van der Waals surface area contributed by atoms with Crippen molar-refractivity contribution in [3.8, 4) is 0 Å². The molecule has 0 spiro atoms. The number of β-lactam (4-membered cyclic amide) rings is 1. The minimum absolute atomic E-state index is 0.0255. The van der Waals surface area contributed by atoms with Crippen LogP contribution in [0.1, 0.15) is 27.2 Å². The highest BCUT2D eigenvalue weighted by molar-refractivity contribution is 5.87. The van der Waals surface area contributed by atoms with Gasteiger partial charge in [0.2, 0.25) is 0 Å². The number of carbonyl (C=O) groups excluding carboxylic acids is 1. The van der Waals surface area contributed by atoms with Gasteiger partial charge in [-0.2, -0.15) is 0 Å². The lowest BCUT2D eigenvalue weighted by molar-refractivity contribution is -0.143. The molecule has 0 radical (unpaired) electrons. The number of nitrogens with one attached hydrogen (secondary N) is 1. The zero-order valence-electron chi connectivity index (χ0n) is 7.22. The maximum Gasteiger partial charge on any atom is 0.251 e. The molecule has 1 aliphatic heterocycles. The topological polar surface area (TPSA) is 49.3 Å². The molecule has 1 amide bonds. The van der Waals surface area contributed by atoms with E-state index < -0.39 is 6.10 Å². The number of hydrogen-bond acceptors (Lipinski definition) is 2. The van der Waals surface area contributed by atoms with Crippen LogP contribution in [0.5, 0.6) is 0 Å². The van der Waals surface area contributed by atoms with Crippen LogP contribution >= 0.6 is 0 Å². The Bertz CT molecular complexity index is 171. The van der Waals surface area contributed by atoms with Gasteiger partial charge in [0, 0.05) is 0 Å². The van der Waals surface area contributed by atoms with Crippen LogP contribution in [0.3, 0.4) is 0 Å². The van der Waals surface area contributed by atoms with E-state index in [4.69, 9.17) is 5.11 Å². The number of aliphatic hydroxyl groups excluding tert-OH is 1. The quantitative estimate of drug-likeness (QED) is 0.537. The maximum absolute atomic E-state index is 10.6. The summed E-state index contributed by atoms with van der Waals surface area (Å²) < 4.78 is 0. The Balaban J connectivity index is 2.36. The average Bonchev–Trinajstić information content (AvgIpc) is 1.84. The van der Waals surface area contributed by atoms with E-state index in [1.807, 2.05) is 0 Å². The number of amides is 1. The first-order valence-electron chi connectivity index (χ1n) is 3.88. The standard InChI is InChI=1S/C8H15NO2/c1-8(2,3)4-5-6(10)7(11)9-5/h5-6,10H,4H2,1-3H3,(H,9,11). The van der Waals surface area contributed by atoms with E-state index in [-0.39, 0.29) is 17.4 Å². The second-order valence-electron chi connectivity index (χ2n) is 4.32. The molecule has 0 bridgehead atoms. The normalized spacial score (nSPS) is 31.1. The lowest BCUT2D eigenvalue weighted by atomic mass is 9.83. The largest absolute Gasteiger partial charge is 0.381 e. The van der Waals surface area contributed by atoms with Crippen molar-refractivity contribution in [2.24, 2.45) is 5.41 Å². The minimum atomic E-state index is -0.769. The van der Waals surface area contributed by atoms with Crippen molar-refractivity contribution in [3.63, 3.8) is 0 Å². The zero-order chi connectivity index (χ0) is 8.65. The first kappa shape index (κ1) is 8.53. The van der Waals surface area contributed by atoms with Gasteiger partial charge in [0.25, 0.3) is 5.91 Å². The van der Waals surface area contributed by atoms with Gasteiger partial charge in [-0.05, 0) is 11.8 Å². The summed E-state index contributed by atoms with van der Waals surface area (Å²) >= 11 is 0. The Morgan fingerprint density at radius 1 is 1.55 bits per heavy atom. The molecule has 0 aliphatic carbocycles. The molecular weight excluding hydrogens is 142 g/mol. The highest BCUT2D eigenvalue weighted by atomic mass is 16.3. The van der Waals surface area contributed by atoms with Crippen LogP contribution in [0.2, 0.25) is 0 Å². The summed E-state index contributed by atoms with van der Waals surface area (Å²) in [7, 11) is 0. The van der Waals surface area contributed by atoms with Gasteiger partial charge >= 0.3 is 0 Å². The number of carbonyl (C=O) groups is 1. The van der Waals surface area contributed by atoms with Crippen molar-refractivity contribution in [3.05, 3.63) is 0 Å². The van der Waals surface area contributed by atoms with Gasteiger partial charge in [0.1, 0.15) is 0 Å². The van der Waals surface area contributed by atoms with Gasteiger partial charge in [-0.15, -0.1) is 0 Å². The third-order valence-electron chi connectivity index (χ3n) is 1.81. The Morgan fingerprint density at radius 3 is 2.36 bits per heavy atom. The SMILES string of the molecule is CC(C)(C)CC1NC(=O)C1O. The lowest BCUT2D eigenvalue weighted by Gasteiger charge is -2.36. The molecule has 0 aromatic carbocycles. The maximum atomic E-state index is 10.6. The molecule has 1 rings (SSSR count). The molecule has 2 unspecified atom stereocenters. The molecule has 11 heavy (non-hydrogen) atoms. The van der Waals surface area contributed by atoms with E-state index >= 15 is 0 Å². The smallest absolute Gasteiger partial charge is 0.251 e. The molecule has 0 aromatic rings. The first-order chi connectivity index (χ1) is 4.90. The molecule has 0 aromatic heterocycles. The van der Waals surface area contributed by atoms with E-state index in [9.17, 15) is 4.79 Å². The third kappa shape index (κ3) is 1.93. The predicted octanol–water partition coefficient (Wildman–Crippen LogP) is 0.282. The van der Waals surface area contributed by atoms with E-state index in [1.54, 1.807) is 0 Å². The average molecular weight is 157 g/mol. The summed E-state index contributed by atoms with van der Waals surface area (Å²) in [5.74, 6) is -0.237. The monoisotopic (exact) mass is 157 g/mol. The summed E-state index contributed by atoms with van der Waals surface area (Å²) in [6.45, 7) is 6.26. The molecule has 2 N–H and O–H groups in total. The Morgan fingerprint density at radius 2 is 2.09 bits per heavy atom. The second-order valence-corrected chi connectivity index (χ2v) is 4.32. The summed E-state index contributed by atoms with van der Waals surface area (Å²) in [6, 6.07) is -0.0255. The van der Waals surface area contributed by atoms with Crippen molar-refractivity contribution in [2.45, 2.75) is 39.3 Å². The Labute approximate surface area is 66.8 Å². The molecule has 2 atom stereocenters. The van der Waals surface area contributed by atoms with Crippen LogP contribution in [-0.4, -0.2) is 23.2 Å². The summed E-state index contributed by atoms with van der Waals surface area (Å²) in [5, 5.41) is 11.8. The highest BCUT2D eigenvalue weighted by Gasteiger charge is 2.39. The van der Waals surface area contributed by atoms with E-state index in [0.717, 1.165) is 6.42 Å². The molecule has 1 saturated heterocycles. The van der Waals surface area contributed by atoms with Crippen molar-refractivity contribution in [1.82, 2.24) is 5.32 Å². The Kier molecular flexibility index (Phi) is 1.92. The Hall–Kier alpha value is -0.570. The van der Waals surface area contributed by atoms with Crippen molar-refractivity contribution in [2.75, 3.05) is 0 Å². The van der Waals surface area contributed by atoms with Crippen LogP contribution in [0.15, 0.2) is 0 Å². The highest BCUT2D eigenvalue weighted by Crippen LogP contribution is 2.25. The molecule has 64 valence electrons. The summed E-state index contributed by atoms with van der Waals surface area (Å²) in [5.41, 5.74) is 0.166. The van der Waals surface area contributed by atoms with Gasteiger partial charge in [0.15, 0.2) is 6.10 Å². The lowest BCUT2D eigenvalue weighted by Crippen LogP contribution is -2.63. The number of hydrogen-bond donors (Lipinski definition) is 2. The predicted molar refractivity (Wildman–Crippen MR) is 42.0 cm³/mol. The van der Waals surface area contributed by atoms with Crippen molar-refractivity contribution in [1.29, 1.82) is 0 Å². The van der Waals surface area contributed by atoms with Crippen LogP contribution in [0.25, 0.3) is 0 Å². The van der Waals surface area contributed by atoms with Gasteiger partial charge in [-0.25, -0.2) is 0 Å². The van der Waals surface area contributed by atoms with E-state index in [2.05, 4.69) is 26.1 Å². The van der Waals surface area contributed by atoms with E-state index in [1.165, 1.54) is 0 Å². The molecular formula is C8H15NO2. The fourth-order valence-corrected chi connectivity index (χ4v) is 1.26. The van der Waals surface area contributed by atoms with Gasteiger partial charge < -0.3 is 10.4 Å². The van der Waals surface area contributed by atoms with Crippen LogP contribution in [-0.2, 0) is 4.79 Å². The van der Waals surface area contributed by atoms with Crippen LogP contribution in [0, 0.1) is 5.41 Å². The molecule has 1 fully saturated rings. The van der Waals surface area contributed by atoms with Gasteiger partial charge in [-0.3, -0.25) is 4.79 Å². The van der Waals surface area contributed by atoms with Crippen molar-refractivity contribution >= 4 is 5.91 Å². The summed E-state index contributed by atoms with van der Waals surface area (Å²) in [4.78, 5) is 10.6. The van der Waals surface area contributed by atoms with Gasteiger partial charge in [-0.1, -0.05) is 20.8 Å². The molecule has 3 heteroatoms. The molecule has 0 saturated carbocycles. The second kappa shape index (κ2) is 2.48.